The molecule has 2 unspecified atom stereocenters. The number of rotatable bonds is 1. The van der Waals surface area contributed by atoms with E-state index in [0.29, 0.717) is 11.5 Å². The predicted molar refractivity (Wildman–Crippen MR) is 66.7 cm³/mol. The van der Waals surface area contributed by atoms with E-state index >= 15 is 0 Å². The minimum absolute atomic E-state index is 0.255. The van der Waals surface area contributed by atoms with Crippen molar-refractivity contribution in [2.75, 3.05) is 0 Å². The zero-order valence-electron chi connectivity index (χ0n) is 10.2. The number of hydrogen-bond donors (Lipinski definition) is 1. The van der Waals surface area contributed by atoms with Gasteiger partial charge in [-0.05, 0) is 44.4 Å². The molecule has 0 spiro atoms. The van der Waals surface area contributed by atoms with Gasteiger partial charge in [0.1, 0.15) is 0 Å². The van der Waals surface area contributed by atoms with Crippen molar-refractivity contribution in [2.45, 2.75) is 51.4 Å². The normalized spacial score (nSPS) is 32.6. The molecule has 2 saturated carbocycles. The van der Waals surface area contributed by atoms with Crippen LogP contribution in [0.1, 0.15) is 51.4 Å². The monoisotopic (exact) mass is 232 g/mol. The van der Waals surface area contributed by atoms with Gasteiger partial charge >= 0.3 is 5.97 Å². The Morgan fingerprint density at radius 3 is 2.53 bits per heavy atom. The van der Waals surface area contributed by atoms with Crippen molar-refractivity contribution in [2.24, 2.45) is 11.8 Å². The lowest BCUT2D eigenvalue weighted by Crippen LogP contribution is -2.27. The van der Waals surface area contributed by atoms with Crippen molar-refractivity contribution >= 4 is 5.97 Å². The number of allylic oxidation sites excluding steroid dienone is 3. The lowest BCUT2D eigenvalue weighted by molar-refractivity contribution is -0.133. The Morgan fingerprint density at radius 1 is 1.06 bits per heavy atom. The van der Waals surface area contributed by atoms with Crippen LogP contribution in [0.3, 0.4) is 0 Å². The van der Waals surface area contributed by atoms with Crippen molar-refractivity contribution < 1.29 is 9.90 Å². The second kappa shape index (κ2) is 4.32. The molecule has 17 heavy (non-hydrogen) atoms. The summed E-state index contributed by atoms with van der Waals surface area (Å²) in [7, 11) is 0. The SMILES string of the molecule is O=C(O)C1=CC2CCCCC2=C2CCCCC12. The summed E-state index contributed by atoms with van der Waals surface area (Å²) in [6, 6.07) is 0. The highest BCUT2D eigenvalue weighted by atomic mass is 16.4. The summed E-state index contributed by atoms with van der Waals surface area (Å²) in [6.45, 7) is 0. The Morgan fingerprint density at radius 2 is 1.76 bits per heavy atom. The van der Waals surface area contributed by atoms with Crippen LogP contribution in [0, 0.1) is 11.8 Å². The minimum atomic E-state index is -0.681. The van der Waals surface area contributed by atoms with Crippen LogP contribution >= 0.6 is 0 Å². The molecule has 3 aliphatic rings. The number of fused-ring (bicyclic) bond motifs is 2. The van der Waals surface area contributed by atoms with Gasteiger partial charge in [-0.2, -0.15) is 0 Å². The zero-order chi connectivity index (χ0) is 11.8. The molecule has 0 radical (unpaired) electrons. The van der Waals surface area contributed by atoms with Gasteiger partial charge in [-0.3, -0.25) is 0 Å². The average molecular weight is 232 g/mol. The molecule has 2 heteroatoms. The Kier molecular flexibility index (Phi) is 2.81. The molecule has 92 valence electrons. The predicted octanol–water partition coefficient (Wildman–Crippen LogP) is 3.69. The minimum Gasteiger partial charge on any atom is -0.478 e. The second-order valence-corrected chi connectivity index (χ2v) is 5.63. The van der Waals surface area contributed by atoms with Gasteiger partial charge in [0.25, 0.3) is 0 Å². The van der Waals surface area contributed by atoms with Crippen molar-refractivity contribution in [3.8, 4) is 0 Å². The molecule has 0 aromatic rings. The third-order valence-electron chi connectivity index (χ3n) is 4.68. The first-order valence-electron chi connectivity index (χ1n) is 6.94. The maximum Gasteiger partial charge on any atom is 0.331 e. The van der Waals surface area contributed by atoms with E-state index < -0.39 is 5.97 Å². The van der Waals surface area contributed by atoms with Gasteiger partial charge in [0, 0.05) is 11.5 Å². The van der Waals surface area contributed by atoms with E-state index in [4.69, 9.17) is 0 Å². The molecule has 0 heterocycles. The topological polar surface area (TPSA) is 37.3 Å². The van der Waals surface area contributed by atoms with Gasteiger partial charge in [0.05, 0.1) is 0 Å². The van der Waals surface area contributed by atoms with E-state index in [0.717, 1.165) is 12.8 Å². The molecule has 3 rings (SSSR count). The van der Waals surface area contributed by atoms with E-state index in [1.54, 1.807) is 5.57 Å². The van der Waals surface area contributed by atoms with E-state index in [9.17, 15) is 9.90 Å². The third-order valence-corrected chi connectivity index (χ3v) is 4.68. The number of aliphatic carboxylic acids is 1. The molecule has 0 saturated heterocycles. The molecule has 1 N–H and O–H groups in total. The highest BCUT2D eigenvalue weighted by Crippen LogP contribution is 2.46. The summed E-state index contributed by atoms with van der Waals surface area (Å²) in [5.74, 6) is 0.0313. The second-order valence-electron chi connectivity index (χ2n) is 5.63. The molecule has 3 aliphatic carbocycles. The summed E-state index contributed by atoms with van der Waals surface area (Å²) >= 11 is 0. The number of carboxylic acid groups (broad SMARTS) is 1. The molecule has 0 bridgehead atoms. The maximum absolute atomic E-state index is 11.4. The Bertz CT molecular complexity index is 403. The lowest BCUT2D eigenvalue weighted by atomic mass is 9.67. The molecule has 2 fully saturated rings. The Balaban J connectivity index is 2.00. The number of hydrogen-bond acceptors (Lipinski definition) is 1. The summed E-state index contributed by atoms with van der Waals surface area (Å²) in [5, 5.41) is 9.38. The first kappa shape index (κ1) is 11.1. The average Bonchev–Trinajstić information content (AvgIpc) is 2.37. The van der Waals surface area contributed by atoms with Crippen LogP contribution in [0.15, 0.2) is 22.8 Å². The molecule has 2 atom stereocenters. The van der Waals surface area contributed by atoms with E-state index in [-0.39, 0.29) is 5.92 Å². The van der Waals surface area contributed by atoms with E-state index in [2.05, 4.69) is 6.08 Å². The van der Waals surface area contributed by atoms with Gasteiger partial charge in [0.15, 0.2) is 0 Å². The molecule has 0 aromatic carbocycles. The van der Waals surface area contributed by atoms with Crippen molar-refractivity contribution in [3.05, 3.63) is 22.8 Å². The van der Waals surface area contributed by atoms with Gasteiger partial charge < -0.3 is 5.11 Å². The van der Waals surface area contributed by atoms with Gasteiger partial charge in [-0.1, -0.05) is 30.1 Å². The molecular formula is C15H20O2. The third kappa shape index (κ3) is 1.84. The summed E-state index contributed by atoms with van der Waals surface area (Å²) < 4.78 is 0. The lowest BCUT2D eigenvalue weighted by Gasteiger charge is -2.37. The van der Waals surface area contributed by atoms with Crippen LogP contribution in [0.5, 0.6) is 0 Å². The molecular weight excluding hydrogens is 212 g/mol. The summed E-state index contributed by atoms with van der Waals surface area (Å²) in [5.41, 5.74) is 3.84. The zero-order valence-corrected chi connectivity index (χ0v) is 10.2. The number of carbonyl (C=O) groups is 1. The van der Waals surface area contributed by atoms with Crippen LogP contribution in [-0.2, 0) is 4.79 Å². The van der Waals surface area contributed by atoms with Crippen molar-refractivity contribution in [1.29, 1.82) is 0 Å². The quantitative estimate of drug-likeness (QED) is 0.700. The van der Waals surface area contributed by atoms with Gasteiger partial charge in [-0.25, -0.2) is 4.79 Å². The fourth-order valence-electron chi connectivity index (χ4n) is 3.92. The Hall–Kier alpha value is -1.05. The van der Waals surface area contributed by atoms with E-state index in [1.807, 2.05) is 0 Å². The van der Waals surface area contributed by atoms with E-state index in [1.165, 1.54) is 44.1 Å². The molecule has 0 aliphatic heterocycles. The van der Waals surface area contributed by atoms with Crippen LogP contribution in [0.25, 0.3) is 0 Å². The smallest absolute Gasteiger partial charge is 0.331 e. The standard InChI is InChI=1S/C15H20O2/c16-15(17)14-9-10-5-1-2-6-11(10)12-7-3-4-8-13(12)14/h9-10,13H,1-8H2,(H,16,17). The van der Waals surface area contributed by atoms with Crippen LogP contribution in [-0.4, -0.2) is 11.1 Å². The fraction of sp³-hybridized carbons (Fsp3) is 0.667. The van der Waals surface area contributed by atoms with Crippen LogP contribution in [0.4, 0.5) is 0 Å². The van der Waals surface area contributed by atoms with Gasteiger partial charge in [0.2, 0.25) is 0 Å². The Labute approximate surface area is 102 Å². The highest BCUT2D eigenvalue weighted by molar-refractivity contribution is 5.88. The van der Waals surface area contributed by atoms with Crippen molar-refractivity contribution in [3.63, 3.8) is 0 Å². The first-order chi connectivity index (χ1) is 8.27. The van der Waals surface area contributed by atoms with Crippen molar-refractivity contribution in [1.82, 2.24) is 0 Å². The first-order valence-corrected chi connectivity index (χ1v) is 6.94. The van der Waals surface area contributed by atoms with Gasteiger partial charge in [-0.15, -0.1) is 0 Å². The van der Waals surface area contributed by atoms with Crippen LogP contribution < -0.4 is 0 Å². The molecule has 2 nitrogen and oxygen atoms in total. The maximum atomic E-state index is 11.4. The largest absolute Gasteiger partial charge is 0.478 e. The summed E-state index contributed by atoms with van der Waals surface area (Å²) in [6.07, 6.45) is 11.7. The highest BCUT2D eigenvalue weighted by Gasteiger charge is 2.35. The summed E-state index contributed by atoms with van der Waals surface area (Å²) in [4.78, 5) is 11.4. The van der Waals surface area contributed by atoms with Crippen LogP contribution in [0.2, 0.25) is 0 Å². The molecule has 0 amide bonds. The fourth-order valence-corrected chi connectivity index (χ4v) is 3.92. The molecule has 0 aromatic heterocycles. The number of carboxylic acids is 1.